The Morgan fingerprint density at radius 1 is 1.45 bits per heavy atom. The van der Waals surface area contributed by atoms with E-state index in [1.807, 2.05) is 24.3 Å². The molecule has 0 saturated heterocycles. The number of hydrogen-bond acceptors (Lipinski definition) is 5. The van der Waals surface area contributed by atoms with Gasteiger partial charge < -0.3 is 4.74 Å². The van der Waals surface area contributed by atoms with Crippen molar-refractivity contribution in [1.82, 2.24) is 0 Å². The summed E-state index contributed by atoms with van der Waals surface area (Å²) in [7, 11) is -1.99. The molecule has 0 radical (unpaired) electrons. The molecule has 0 fully saturated rings. The molecule has 2 atom stereocenters. The fourth-order valence-electron chi connectivity index (χ4n) is 2.35. The molecule has 1 aromatic rings. The van der Waals surface area contributed by atoms with Crippen molar-refractivity contribution in [3.63, 3.8) is 0 Å². The number of sulfone groups is 1. The first-order valence-corrected chi connectivity index (χ1v) is 9.14. The number of fused-ring (bicyclic) bond motifs is 1. The van der Waals surface area contributed by atoms with Crippen molar-refractivity contribution in [2.45, 2.75) is 23.5 Å². The Morgan fingerprint density at radius 2 is 2.15 bits per heavy atom. The van der Waals surface area contributed by atoms with Crippen LogP contribution in [0.2, 0.25) is 0 Å². The number of carbonyl (C=O) groups is 1. The van der Waals surface area contributed by atoms with Gasteiger partial charge in [0.25, 0.3) is 0 Å². The van der Waals surface area contributed by atoms with Crippen molar-refractivity contribution in [1.29, 1.82) is 0 Å². The molecule has 0 N–H and O–H groups in total. The number of thioether (sulfide) groups is 1. The van der Waals surface area contributed by atoms with E-state index in [0.717, 1.165) is 11.3 Å². The van der Waals surface area contributed by atoms with Crippen molar-refractivity contribution in [3.8, 4) is 0 Å². The smallest absolute Gasteiger partial charge is 0.309 e. The monoisotopic (exact) mass is 314 g/mol. The quantitative estimate of drug-likeness (QED) is 0.777. The highest BCUT2D eigenvalue weighted by molar-refractivity contribution is 8.01. The molecule has 0 amide bonds. The number of ether oxygens (including phenoxy) is 1. The predicted molar refractivity (Wildman–Crippen MR) is 79.6 cm³/mol. The lowest BCUT2D eigenvalue weighted by Crippen LogP contribution is -2.27. The van der Waals surface area contributed by atoms with Gasteiger partial charge in [0.05, 0.1) is 24.5 Å². The summed E-state index contributed by atoms with van der Waals surface area (Å²) >= 11 is 1.61. The second-order valence-corrected chi connectivity index (χ2v) is 8.55. The van der Waals surface area contributed by atoms with E-state index in [1.54, 1.807) is 18.7 Å². The van der Waals surface area contributed by atoms with Crippen molar-refractivity contribution in [2.24, 2.45) is 5.92 Å². The van der Waals surface area contributed by atoms with Crippen LogP contribution in [0, 0.1) is 5.92 Å². The highest BCUT2D eigenvalue weighted by atomic mass is 32.2. The summed E-state index contributed by atoms with van der Waals surface area (Å²) in [4.78, 5) is 12.5. The van der Waals surface area contributed by atoms with Crippen LogP contribution < -0.4 is 0 Å². The molecule has 0 saturated carbocycles. The van der Waals surface area contributed by atoms with Crippen molar-refractivity contribution in [3.05, 3.63) is 29.8 Å². The van der Waals surface area contributed by atoms with Crippen LogP contribution in [0.3, 0.4) is 0 Å². The van der Waals surface area contributed by atoms with Crippen molar-refractivity contribution in [2.75, 3.05) is 18.6 Å². The van der Waals surface area contributed by atoms with Crippen LogP contribution in [0.1, 0.15) is 12.5 Å². The van der Waals surface area contributed by atoms with E-state index in [9.17, 15) is 13.2 Å². The number of rotatable bonds is 5. The molecule has 2 unspecified atom stereocenters. The molecular formula is C14H18O4S2. The number of esters is 1. The third-order valence-electron chi connectivity index (χ3n) is 3.26. The van der Waals surface area contributed by atoms with Crippen LogP contribution in [0.25, 0.3) is 0 Å². The number of methoxy groups -OCH3 is 1. The zero-order chi connectivity index (χ0) is 14.8. The van der Waals surface area contributed by atoms with Gasteiger partial charge in [0, 0.05) is 10.1 Å². The van der Waals surface area contributed by atoms with Gasteiger partial charge in [-0.05, 0) is 18.1 Å². The van der Waals surface area contributed by atoms with Gasteiger partial charge in [-0.25, -0.2) is 8.42 Å². The number of benzene rings is 1. The zero-order valence-corrected chi connectivity index (χ0v) is 13.2. The molecule has 1 aromatic carbocycles. The molecule has 1 aliphatic heterocycles. The Hall–Kier alpha value is -1.01. The summed E-state index contributed by atoms with van der Waals surface area (Å²) in [6.07, 6.45) is 0.771. The van der Waals surface area contributed by atoms with E-state index in [1.165, 1.54) is 12.7 Å². The van der Waals surface area contributed by atoms with Gasteiger partial charge in [-0.15, -0.1) is 11.8 Å². The molecule has 1 heterocycles. The summed E-state index contributed by atoms with van der Waals surface area (Å²) in [6.45, 7) is 1.58. The molecule has 0 aromatic heterocycles. The maximum Gasteiger partial charge on any atom is 0.309 e. The summed E-state index contributed by atoms with van der Waals surface area (Å²) in [6, 6.07) is 7.98. The maximum atomic E-state index is 12.1. The van der Waals surface area contributed by atoms with Gasteiger partial charge >= 0.3 is 5.97 Å². The molecule has 4 nitrogen and oxygen atoms in total. The maximum absolute atomic E-state index is 12.1. The fraction of sp³-hybridized carbons (Fsp3) is 0.500. The molecular weight excluding hydrogens is 296 g/mol. The lowest BCUT2D eigenvalue weighted by atomic mass is 10.1. The van der Waals surface area contributed by atoms with Gasteiger partial charge in [-0.3, -0.25) is 4.79 Å². The van der Waals surface area contributed by atoms with E-state index < -0.39 is 21.7 Å². The van der Waals surface area contributed by atoms with Crippen molar-refractivity contribution >= 4 is 27.6 Å². The largest absolute Gasteiger partial charge is 0.469 e. The molecule has 6 heteroatoms. The van der Waals surface area contributed by atoms with Crippen molar-refractivity contribution < 1.29 is 17.9 Å². The Bertz CT molecular complexity index is 570. The molecule has 20 heavy (non-hydrogen) atoms. The average molecular weight is 314 g/mol. The number of carbonyl (C=O) groups excluding carboxylic acids is 1. The second-order valence-electron chi connectivity index (χ2n) is 5.05. The Labute approximate surface area is 123 Å². The van der Waals surface area contributed by atoms with Crippen LogP contribution in [0.4, 0.5) is 0 Å². The first-order chi connectivity index (χ1) is 9.41. The Morgan fingerprint density at radius 3 is 2.80 bits per heavy atom. The first kappa shape index (κ1) is 15.4. The van der Waals surface area contributed by atoms with Gasteiger partial charge in [-0.2, -0.15) is 0 Å². The third kappa shape index (κ3) is 3.76. The van der Waals surface area contributed by atoms with Gasteiger partial charge in [-0.1, -0.05) is 25.1 Å². The highest BCUT2D eigenvalue weighted by Gasteiger charge is 2.29. The standard InChI is InChI=1S/C14H18O4S2/c1-10(14(15)18-2)8-20(16,17)9-12-7-11-5-3-4-6-13(11)19-12/h3-6,10,12H,7-9H2,1-2H3. The van der Waals surface area contributed by atoms with Crippen LogP contribution in [-0.4, -0.2) is 38.3 Å². The SMILES string of the molecule is COC(=O)C(C)CS(=O)(=O)CC1Cc2ccccc2S1. The predicted octanol–water partition coefficient (Wildman–Crippen LogP) is 1.93. The van der Waals surface area contributed by atoms with Gasteiger partial charge in [0.15, 0.2) is 9.84 Å². The van der Waals surface area contributed by atoms with Crippen LogP contribution >= 0.6 is 11.8 Å². The minimum absolute atomic E-state index is 0.0437. The molecule has 2 rings (SSSR count). The Kier molecular flexibility index (Phi) is 4.75. The lowest BCUT2D eigenvalue weighted by molar-refractivity contribution is -0.144. The molecule has 0 aliphatic carbocycles. The normalized spacial score (nSPS) is 19.4. The zero-order valence-electron chi connectivity index (χ0n) is 11.5. The molecule has 110 valence electrons. The van der Waals surface area contributed by atoms with E-state index in [-0.39, 0.29) is 16.8 Å². The van der Waals surface area contributed by atoms with Crippen LogP contribution in [-0.2, 0) is 25.8 Å². The van der Waals surface area contributed by atoms with E-state index in [0.29, 0.717) is 0 Å². The lowest BCUT2D eigenvalue weighted by Gasteiger charge is -2.12. The second kappa shape index (κ2) is 6.18. The third-order valence-corrected chi connectivity index (χ3v) is 6.71. The van der Waals surface area contributed by atoms with Gasteiger partial charge in [0.1, 0.15) is 0 Å². The highest BCUT2D eigenvalue weighted by Crippen LogP contribution is 2.37. The van der Waals surface area contributed by atoms with Crippen LogP contribution in [0.5, 0.6) is 0 Å². The van der Waals surface area contributed by atoms with Gasteiger partial charge in [0.2, 0.25) is 0 Å². The minimum Gasteiger partial charge on any atom is -0.469 e. The van der Waals surface area contributed by atoms with E-state index in [4.69, 9.17) is 0 Å². The molecule has 0 spiro atoms. The number of hydrogen-bond donors (Lipinski definition) is 0. The van der Waals surface area contributed by atoms with Crippen LogP contribution in [0.15, 0.2) is 29.2 Å². The summed E-state index contributed by atoms with van der Waals surface area (Å²) < 4.78 is 28.9. The summed E-state index contributed by atoms with van der Waals surface area (Å²) in [5.41, 5.74) is 1.21. The van der Waals surface area contributed by atoms with E-state index >= 15 is 0 Å². The summed E-state index contributed by atoms with van der Waals surface area (Å²) in [5.74, 6) is -1.13. The molecule has 0 bridgehead atoms. The molecule has 1 aliphatic rings. The summed E-state index contributed by atoms with van der Waals surface area (Å²) in [5, 5.41) is 0.0437. The topological polar surface area (TPSA) is 60.4 Å². The average Bonchev–Trinajstić information content (AvgIpc) is 2.77. The first-order valence-electron chi connectivity index (χ1n) is 6.44. The fourth-order valence-corrected chi connectivity index (χ4v) is 6.04. The minimum atomic E-state index is -3.26. The Balaban J connectivity index is 1.96. The van der Waals surface area contributed by atoms with E-state index in [2.05, 4.69) is 4.74 Å².